The zero-order chi connectivity index (χ0) is 12.3. The molecule has 0 spiro atoms. The van der Waals surface area contributed by atoms with Crippen LogP contribution in [0.2, 0.25) is 0 Å². The zero-order valence-electron chi connectivity index (χ0n) is 9.47. The molecule has 4 heteroatoms. The van der Waals surface area contributed by atoms with Gasteiger partial charge >= 0.3 is 0 Å². The number of aryl methyl sites for hydroxylation is 1. The Morgan fingerprint density at radius 2 is 2.12 bits per heavy atom. The number of thiophene rings is 1. The molecule has 0 aliphatic carbocycles. The van der Waals surface area contributed by atoms with Crippen LogP contribution in [0.4, 0.5) is 4.39 Å². The molecule has 1 heterocycles. The lowest BCUT2D eigenvalue weighted by Crippen LogP contribution is -2.12. The van der Waals surface area contributed by atoms with E-state index >= 15 is 0 Å². The van der Waals surface area contributed by atoms with Gasteiger partial charge in [-0.05, 0) is 51.5 Å². The summed E-state index contributed by atoms with van der Waals surface area (Å²) in [5, 5.41) is 5.41. The third kappa shape index (κ3) is 3.37. The Labute approximate surface area is 113 Å². The van der Waals surface area contributed by atoms with Crippen molar-refractivity contribution in [2.45, 2.75) is 20.0 Å². The van der Waals surface area contributed by atoms with Crippen LogP contribution in [0.15, 0.2) is 34.1 Å². The van der Waals surface area contributed by atoms with Gasteiger partial charge in [0.05, 0.1) is 0 Å². The lowest BCUT2D eigenvalue weighted by Gasteiger charge is -2.05. The zero-order valence-corrected chi connectivity index (χ0v) is 11.9. The van der Waals surface area contributed by atoms with E-state index in [-0.39, 0.29) is 5.82 Å². The molecule has 0 bridgehead atoms. The molecule has 1 aromatic carbocycles. The first-order chi connectivity index (χ1) is 8.16. The Morgan fingerprint density at radius 1 is 1.29 bits per heavy atom. The Morgan fingerprint density at radius 3 is 2.76 bits per heavy atom. The summed E-state index contributed by atoms with van der Waals surface area (Å²) < 4.78 is 14.2. The molecular weight excluding hydrogens is 301 g/mol. The molecule has 1 nitrogen and oxygen atoms in total. The van der Waals surface area contributed by atoms with Gasteiger partial charge in [-0.25, -0.2) is 4.39 Å². The van der Waals surface area contributed by atoms with Crippen LogP contribution in [-0.4, -0.2) is 0 Å². The number of nitrogens with one attached hydrogen (secondary N) is 1. The van der Waals surface area contributed by atoms with Gasteiger partial charge in [-0.1, -0.05) is 12.1 Å². The third-order valence-electron chi connectivity index (χ3n) is 2.53. The molecule has 0 aliphatic rings. The number of rotatable bonds is 4. The summed E-state index contributed by atoms with van der Waals surface area (Å²) in [5.41, 5.74) is 1.80. The predicted molar refractivity (Wildman–Crippen MR) is 73.7 cm³/mol. The molecule has 17 heavy (non-hydrogen) atoms. The van der Waals surface area contributed by atoms with Gasteiger partial charge in [0.25, 0.3) is 0 Å². The highest BCUT2D eigenvalue weighted by Gasteiger charge is 2.02. The molecule has 2 aromatic rings. The molecule has 0 amide bonds. The second kappa shape index (κ2) is 5.76. The summed E-state index contributed by atoms with van der Waals surface area (Å²) in [7, 11) is 0. The van der Waals surface area contributed by atoms with E-state index in [2.05, 4.69) is 26.6 Å². The van der Waals surface area contributed by atoms with E-state index in [4.69, 9.17) is 0 Å². The van der Waals surface area contributed by atoms with Crippen LogP contribution in [0.25, 0.3) is 0 Å². The van der Waals surface area contributed by atoms with E-state index in [0.717, 1.165) is 23.1 Å². The first-order valence-corrected chi connectivity index (χ1v) is 7.01. The van der Waals surface area contributed by atoms with E-state index in [1.54, 1.807) is 18.3 Å². The smallest absolute Gasteiger partial charge is 0.126 e. The minimum absolute atomic E-state index is 0.144. The molecule has 90 valence electrons. The molecule has 1 aromatic heterocycles. The van der Waals surface area contributed by atoms with Crippen molar-refractivity contribution in [3.8, 4) is 0 Å². The van der Waals surface area contributed by atoms with Gasteiger partial charge < -0.3 is 5.32 Å². The van der Waals surface area contributed by atoms with Crippen LogP contribution in [0.1, 0.15) is 16.0 Å². The quantitative estimate of drug-likeness (QED) is 0.890. The molecule has 0 atom stereocenters. The molecule has 1 N–H and O–H groups in total. The maximum absolute atomic E-state index is 13.1. The minimum atomic E-state index is -0.144. The van der Waals surface area contributed by atoms with Crippen molar-refractivity contribution >= 4 is 27.3 Å². The molecule has 2 rings (SSSR count). The standard InChI is InChI=1S/C13H13BrFNS/c1-9-6-10(2-3-12(9)15)7-16-8-13-11(14)4-5-17-13/h2-6,16H,7-8H2,1H3. The van der Waals surface area contributed by atoms with Gasteiger partial charge in [0.2, 0.25) is 0 Å². The molecule has 0 saturated heterocycles. The van der Waals surface area contributed by atoms with Crippen molar-refractivity contribution in [2.24, 2.45) is 0 Å². The van der Waals surface area contributed by atoms with Crippen LogP contribution in [0.5, 0.6) is 0 Å². The van der Waals surface area contributed by atoms with Crippen LogP contribution >= 0.6 is 27.3 Å². The highest BCUT2D eigenvalue weighted by Crippen LogP contribution is 2.22. The normalized spacial score (nSPS) is 10.8. The maximum atomic E-state index is 13.1. The number of hydrogen-bond donors (Lipinski definition) is 1. The highest BCUT2D eigenvalue weighted by atomic mass is 79.9. The fourth-order valence-electron chi connectivity index (χ4n) is 1.59. The SMILES string of the molecule is Cc1cc(CNCc2sccc2Br)ccc1F. The van der Waals surface area contributed by atoms with Crippen molar-refractivity contribution in [1.29, 1.82) is 0 Å². The van der Waals surface area contributed by atoms with Crippen LogP contribution in [0.3, 0.4) is 0 Å². The number of halogens is 2. The van der Waals surface area contributed by atoms with E-state index in [1.165, 1.54) is 10.9 Å². The molecule has 0 saturated carbocycles. The molecule has 0 unspecified atom stereocenters. The largest absolute Gasteiger partial charge is 0.308 e. The fraction of sp³-hybridized carbons (Fsp3) is 0.231. The van der Waals surface area contributed by atoms with Crippen molar-refractivity contribution in [3.05, 3.63) is 55.9 Å². The summed E-state index contributed by atoms with van der Waals surface area (Å²) in [5.74, 6) is -0.144. The van der Waals surface area contributed by atoms with Crippen LogP contribution in [0, 0.1) is 12.7 Å². The number of hydrogen-bond acceptors (Lipinski definition) is 2. The van der Waals surface area contributed by atoms with E-state index in [1.807, 2.05) is 18.2 Å². The van der Waals surface area contributed by atoms with Crippen molar-refractivity contribution in [2.75, 3.05) is 0 Å². The first kappa shape index (κ1) is 12.7. The maximum Gasteiger partial charge on any atom is 0.126 e. The minimum Gasteiger partial charge on any atom is -0.308 e. The molecule has 0 radical (unpaired) electrons. The van der Waals surface area contributed by atoms with Crippen molar-refractivity contribution < 1.29 is 4.39 Å². The second-order valence-electron chi connectivity index (χ2n) is 3.88. The Hall–Kier alpha value is -0.710. The van der Waals surface area contributed by atoms with Crippen LogP contribution in [-0.2, 0) is 13.1 Å². The summed E-state index contributed by atoms with van der Waals surface area (Å²) in [6.07, 6.45) is 0. The van der Waals surface area contributed by atoms with E-state index < -0.39 is 0 Å². The van der Waals surface area contributed by atoms with Gasteiger partial charge in [0.1, 0.15) is 5.82 Å². The van der Waals surface area contributed by atoms with Crippen LogP contribution < -0.4 is 5.32 Å². The van der Waals surface area contributed by atoms with Gasteiger partial charge in [0, 0.05) is 22.4 Å². The van der Waals surface area contributed by atoms with E-state index in [0.29, 0.717) is 5.56 Å². The summed E-state index contributed by atoms with van der Waals surface area (Å²) >= 11 is 5.22. The Balaban J connectivity index is 1.90. The highest BCUT2D eigenvalue weighted by molar-refractivity contribution is 9.10. The monoisotopic (exact) mass is 313 g/mol. The summed E-state index contributed by atoms with van der Waals surface area (Å²) in [6.45, 7) is 3.37. The average Bonchev–Trinajstić information content (AvgIpc) is 2.70. The fourth-order valence-corrected chi connectivity index (χ4v) is 3.05. The Bertz CT molecular complexity index is 510. The lowest BCUT2D eigenvalue weighted by atomic mass is 10.1. The second-order valence-corrected chi connectivity index (χ2v) is 5.73. The Kier molecular flexibility index (Phi) is 4.31. The number of benzene rings is 1. The van der Waals surface area contributed by atoms with Gasteiger partial charge in [-0.2, -0.15) is 0 Å². The molecule has 0 aliphatic heterocycles. The average molecular weight is 314 g/mol. The van der Waals surface area contributed by atoms with Crippen molar-refractivity contribution in [1.82, 2.24) is 5.32 Å². The van der Waals surface area contributed by atoms with Gasteiger partial charge in [-0.3, -0.25) is 0 Å². The summed E-state index contributed by atoms with van der Waals surface area (Å²) in [6, 6.07) is 7.27. The molecular formula is C13H13BrFNS. The summed E-state index contributed by atoms with van der Waals surface area (Å²) in [4.78, 5) is 1.28. The van der Waals surface area contributed by atoms with Gasteiger partial charge in [-0.15, -0.1) is 11.3 Å². The third-order valence-corrected chi connectivity index (χ3v) is 4.45. The van der Waals surface area contributed by atoms with E-state index in [9.17, 15) is 4.39 Å². The van der Waals surface area contributed by atoms with Gasteiger partial charge in [0.15, 0.2) is 0 Å². The first-order valence-electron chi connectivity index (χ1n) is 5.34. The predicted octanol–water partition coefficient (Wildman–Crippen LogP) is 4.25. The lowest BCUT2D eigenvalue weighted by molar-refractivity contribution is 0.615. The van der Waals surface area contributed by atoms with Crippen molar-refractivity contribution in [3.63, 3.8) is 0 Å². The topological polar surface area (TPSA) is 12.0 Å². The molecule has 0 fully saturated rings.